The molecule has 16 heavy (non-hydrogen) atoms. The molecule has 2 aliphatic rings. The molecule has 0 atom stereocenters. The molecule has 0 amide bonds. The minimum Gasteiger partial charge on any atom is -0.355 e. The smallest absolute Gasteiger partial charge is 0.257 e. The van der Waals surface area contributed by atoms with E-state index in [4.69, 9.17) is 0 Å². The fourth-order valence-corrected chi connectivity index (χ4v) is 2.00. The van der Waals surface area contributed by atoms with Gasteiger partial charge in [0.1, 0.15) is 0 Å². The first-order valence-electron chi connectivity index (χ1n) is 5.89. The van der Waals surface area contributed by atoms with Crippen LogP contribution in [0.3, 0.4) is 0 Å². The molecule has 5 nitrogen and oxygen atoms in total. The predicted octanol–water partition coefficient (Wildman–Crippen LogP) is 0.237. The molecule has 0 unspecified atom stereocenters. The van der Waals surface area contributed by atoms with Crippen LogP contribution < -0.4 is 16.2 Å². The Morgan fingerprint density at radius 2 is 2.31 bits per heavy atom. The van der Waals surface area contributed by atoms with Gasteiger partial charge in [0.05, 0.1) is 11.3 Å². The number of hydrogen-bond donors (Lipinski definition) is 3. The van der Waals surface area contributed by atoms with Crippen LogP contribution in [0.4, 0.5) is 5.95 Å². The highest BCUT2D eigenvalue weighted by atomic mass is 16.1. The van der Waals surface area contributed by atoms with Crippen molar-refractivity contribution in [2.45, 2.75) is 25.8 Å². The van der Waals surface area contributed by atoms with Crippen molar-refractivity contribution in [1.29, 1.82) is 0 Å². The molecule has 1 aliphatic carbocycles. The molecule has 1 aromatic rings. The molecular formula is C11H16N4O. The van der Waals surface area contributed by atoms with Crippen LogP contribution in [-0.4, -0.2) is 23.1 Å². The topological polar surface area (TPSA) is 69.8 Å². The summed E-state index contributed by atoms with van der Waals surface area (Å²) >= 11 is 0. The summed E-state index contributed by atoms with van der Waals surface area (Å²) in [6.45, 7) is 2.48. The summed E-state index contributed by atoms with van der Waals surface area (Å²) < 4.78 is 0. The van der Waals surface area contributed by atoms with Gasteiger partial charge in [-0.25, -0.2) is 4.98 Å². The Morgan fingerprint density at radius 1 is 1.44 bits per heavy atom. The number of aromatic nitrogens is 2. The molecule has 0 aromatic carbocycles. The van der Waals surface area contributed by atoms with Crippen molar-refractivity contribution in [3.05, 3.63) is 21.6 Å². The largest absolute Gasteiger partial charge is 0.355 e. The Labute approximate surface area is 93.7 Å². The number of aromatic amines is 1. The van der Waals surface area contributed by atoms with Crippen LogP contribution >= 0.6 is 0 Å². The molecule has 3 rings (SSSR count). The Hall–Kier alpha value is -1.36. The van der Waals surface area contributed by atoms with E-state index < -0.39 is 0 Å². The molecule has 0 saturated heterocycles. The van der Waals surface area contributed by atoms with Crippen molar-refractivity contribution in [3.63, 3.8) is 0 Å². The minimum absolute atomic E-state index is 0.00417. The minimum atomic E-state index is -0.00417. The van der Waals surface area contributed by atoms with Crippen LogP contribution in [0.15, 0.2) is 4.79 Å². The maximum atomic E-state index is 11.8. The zero-order chi connectivity index (χ0) is 11.0. The standard InChI is InChI=1S/C11H16N4O/c16-10-8-6-12-4-3-9(8)14-11(15-10)13-5-7-1-2-7/h7,12H,1-6H2,(H2,13,14,15,16). The summed E-state index contributed by atoms with van der Waals surface area (Å²) in [5.74, 6) is 1.42. The number of nitrogens with zero attached hydrogens (tertiary/aromatic N) is 1. The lowest BCUT2D eigenvalue weighted by atomic mass is 10.1. The number of nitrogens with one attached hydrogen (secondary N) is 3. The van der Waals surface area contributed by atoms with Crippen molar-refractivity contribution in [2.24, 2.45) is 5.92 Å². The summed E-state index contributed by atoms with van der Waals surface area (Å²) in [6.07, 6.45) is 3.44. The molecule has 5 heteroatoms. The summed E-state index contributed by atoms with van der Waals surface area (Å²) in [4.78, 5) is 19.0. The average molecular weight is 220 g/mol. The second-order valence-electron chi connectivity index (χ2n) is 4.59. The summed E-state index contributed by atoms with van der Waals surface area (Å²) in [6, 6.07) is 0. The fourth-order valence-electron chi connectivity index (χ4n) is 2.00. The highest BCUT2D eigenvalue weighted by Crippen LogP contribution is 2.28. The fraction of sp³-hybridized carbons (Fsp3) is 0.636. The summed E-state index contributed by atoms with van der Waals surface area (Å²) in [7, 11) is 0. The first-order chi connectivity index (χ1) is 7.83. The Morgan fingerprint density at radius 3 is 3.12 bits per heavy atom. The number of rotatable bonds is 3. The zero-order valence-corrected chi connectivity index (χ0v) is 9.18. The number of fused-ring (bicyclic) bond motifs is 1. The van der Waals surface area contributed by atoms with Gasteiger partial charge in [0.15, 0.2) is 0 Å². The molecule has 1 saturated carbocycles. The molecule has 3 N–H and O–H groups in total. The third-order valence-corrected chi connectivity index (χ3v) is 3.20. The second-order valence-corrected chi connectivity index (χ2v) is 4.59. The quantitative estimate of drug-likeness (QED) is 0.682. The van der Waals surface area contributed by atoms with Gasteiger partial charge < -0.3 is 10.6 Å². The lowest BCUT2D eigenvalue weighted by molar-refractivity contribution is 0.621. The predicted molar refractivity (Wildman–Crippen MR) is 61.5 cm³/mol. The number of anilines is 1. The highest BCUT2D eigenvalue weighted by Gasteiger charge is 2.21. The maximum absolute atomic E-state index is 11.8. The second kappa shape index (κ2) is 3.90. The molecule has 0 radical (unpaired) electrons. The van der Waals surface area contributed by atoms with E-state index in [9.17, 15) is 4.79 Å². The lowest BCUT2D eigenvalue weighted by Gasteiger charge is -2.16. The van der Waals surface area contributed by atoms with Crippen LogP contribution in [0, 0.1) is 5.92 Å². The van der Waals surface area contributed by atoms with E-state index in [1.165, 1.54) is 12.8 Å². The van der Waals surface area contributed by atoms with Gasteiger partial charge in [0.2, 0.25) is 5.95 Å². The van der Waals surface area contributed by atoms with Gasteiger partial charge in [-0.2, -0.15) is 0 Å². The normalized spacial score (nSPS) is 19.2. The third kappa shape index (κ3) is 1.95. The first-order valence-corrected chi connectivity index (χ1v) is 5.89. The van der Waals surface area contributed by atoms with E-state index in [1.807, 2.05) is 0 Å². The van der Waals surface area contributed by atoms with Gasteiger partial charge in [-0.05, 0) is 18.8 Å². The number of H-pyrrole nitrogens is 1. The average Bonchev–Trinajstić information content (AvgIpc) is 3.10. The Balaban J connectivity index is 1.82. The molecule has 0 spiro atoms. The molecule has 86 valence electrons. The lowest BCUT2D eigenvalue weighted by Crippen LogP contribution is -2.32. The van der Waals surface area contributed by atoms with Crippen LogP contribution in [-0.2, 0) is 13.0 Å². The summed E-state index contributed by atoms with van der Waals surface area (Å²) in [5.41, 5.74) is 1.74. The monoisotopic (exact) mass is 220 g/mol. The molecular weight excluding hydrogens is 204 g/mol. The molecule has 0 bridgehead atoms. The van der Waals surface area contributed by atoms with E-state index in [-0.39, 0.29) is 5.56 Å². The van der Waals surface area contributed by atoms with Crippen LogP contribution in [0.5, 0.6) is 0 Å². The van der Waals surface area contributed by atoms with Gasteiger partial charge in [0.25, 0.3) is 5.56 Å². The molecule has 1 aliphatic heterocycles. The van der Waals surface area contributed by atoms with Crippen molar-refractivity contribution >= 4 is 5.95 Å². The van der Waals surface area contributed by atoms with Gasteiger partial charge in [-0.1, -0.05) is 0 Å². The van der Waals surface area contributed by atoms with Crippen LogP contribution in [0.2, 0.25) is 0 Å². The zero-order valence-electron chi connectivity index (χ0n) is 9.18. The van der Waals surface area contributed by atoms with E-state index >= 15 is 0 Å². The third-order valence-electron chi connectivity index (χ3n) is 3.20. The SMILES string of the molecule is O=c1[nH]c(NCC2CC2)nc2c1CNCC2. The summed E-state index contributed by atoms with van der Waals surface area (Å²) in [5, 5.41) is 6.39. The highest BCUT2D eigenvalue weighted by molar-refractivity contribution is 5.31. The molecule has 2 heterocycles. The van der Waals surface area contributed by atoms with E-state index in [0.29, 0.717) is 12.5 Å². The molecule has 1 fully saturated rings. The van der Waals surface area contributed by atoms with E-state index in [2.05, 4.69) is 20.6 Å². The van der Waals surface area contributed by atoms with Gasteiger partial charge in [-0.15, -0.1) is 0 Å². The van der Waals surface area contributed by atoms with Crippen molar-refractivity contribution in [2.75, 3.05) is 18.4 Å². The van der Waals surface area contributed by atoms with Gasteiger partial charge >= 0.3 is 0 Å². The van der Waals surface area contributed by atoms with Crippen molar-refractivity contribution in [3.8, 4) is 0 Å². The first kappa shape index (κ1) is 9.84. The van der Waals surface area contributed by atoms with Gasteiger partial charge in [-0.3, -0.25) is 9.78 Å². The van der Waals surface area contributed by atoms with Crippen LogP contribution in [0.25, 0.3) is 0 Å². The maximum Gasteiger partial charge on any atom is 0.257 e. The van der Waals surface area contributed by atoms with E-state index in [0.717, 1.165) is 36.7 Å². The number of hydrogen-bond acceptors (Lipinski definition) is 4. The Bertz CT molecular complexity index is 450. The van der Waals surface area contributed by atoms with Crippen molar-refractivity contribution < 1.29 is 0 Å². The van der Waals surface area contributed by atoms with Gasteiger partial charge in [0, 0.05) is 26.1 Å². The van der Waals surface area contributed by atoms with Crippen molar-refractivity contribution in [1.82, 2.24) is 15.3 Å². The Kier molecular flexibility index (Phi) is 2.40. The van der Waals surface area contributed by atoms with Crippen LogP contribution in [0.1, 0.15) is 24.1 Å². The molecule has 1 aromatic heterocycles. The van der Waals surface area contributed by atoms with E-state index in [1.54, 1.807) is 0 Å².